The lowest BCUT2D eigenvalue weighted by Crippen LogP contribution is -2.09. The lowest BCUT2D eigenvalue weighted by Gasteiger charge is -2.26. The van der Waals surface area contributed by atoms with Crippen molar-refractivity contribution in [2.24, 2.45) is 0 Å². The zero-order chi connectivity index (χ0) is 27.9. The predicted molar refractivity (Wildman–Crippen MR) is 180 cm³/mol. The fourth-order valence-corrected chi connectivity index (χ4v) is 6.94. The average molecular weight is 555 g/mol. The molecule has 0 aliphatic rings. The molecule has 0 N–H and O–H groups in total. The van der Waals surface area contributed by atoms with Gasteiger partial charge in [0.1, 0.15) is 0 Å². The number of rotatable bonds is 5. The topological polar surface area (TPSA) is 16.1 Å². The van der Waals surface area contributed by atoms with Crippen LogP contribution in [0.4, 0.5) is 17.1 Å². The van der Waals surface area contributed by atoms with E-state index in [0.717, 1.165) is 28.1 Å². The molecule has 0 radical (unpaired) electrons. The molecule has 0 unspecified atom stereocenters. The summed E-state index contributed by atoms with van der Waals surface area (Å²) in [4.78, 5) is 7.42. The van der Waals surface area contributed by atoms with Crippen LogP contribution >= 0.6 is 11.3 Å². The van der Waals surface area contributed by atoms with Gasteiger partial charge in [0.05, 0.1) is 15.7 Å². The monoisotopic (exact) mass is 554 g/mol. The molecule has 8 rings (SSSR count). The van der Waals surface area contributed by atoms with E-state index in [2.05, 4.69) is 163 Å². The first-order valence-corrected chi connectivity index (χ1v) is 15.0. The van der Waals surface area contributed by atoms with Crippen LogP contribution in [0.2, 0.25) is 0 Å². The molecule has 3 heteroatoms. The summed E-state index contributed by atoms with van der Waals surface area (Å²) >= 11 is 1.82. The van der Waals surface area contributed by atoms with Gasteiger partial charge < -0.3 is 4.90 Å². The first-order valence-electron chi connectivity index (χ1n) is 14.1. The number of para-hydroxylation sites is 2. The third-order valence-electron chi connectivity index (χ3n) is 7.86. The van der Waals surface area contributed by atoms with Crippen molar-refractivity contribution in [1.82, 2.24) is 4.98 Å². The number of benzene rings is 6. The van der Waals surface area contributed by atoms with Gasteiger partial charge in [-0.1, -0.05) is 103 Å². The quantitative estimate of drug-likeness (QED) is 0.210. The van der Waals surface area contributed by atoms with E-state index in [0.29, 0.717) is 0 Å². The Bertz CT molecular complexity index is 2170. The van der Waals surface area contributed by atoms with E-state index in [1.807, 2.05) is 11.3 Å². The molecular weight excluding hydrogens is 529 g/mol. The third-order valence-corrected chi connectivity index (χ3v) is 8.95. The standard InChI is InChI=1S/C39H26N2S/c1-3-10-27(11-4-1)28-18-22-32(23-19-28)41(31-13-5-2-6-14-31)33-24-20-29(21-25-33)34-15-9-17-36-38(34)39-37(42-36)26-30-12-7-8-16-35(30)40-39/h1-26H. The largest absolute Gasteiger partial charge is 0.311 e. The fourth-order valence-electron chi connectivity index (χ4n) is 5.82. The highest BCUT2D eigenvalue weighted by molar-refractivity contribution is 7.25. The fraction of sp³-hybridized carbons (Fsp3) is 0. The van der Waals surface area contributed by atoms with Crippen molar-refractivity contribution in [3.05, 3.63) is 158 Å². The van der Waals surface area contributed by atoms with Crippen LogP contribution in [0.1, 0.15) is 0 Å². The molecule has 198 valence electrons. The van der Waals surface area contributed by atoms with Gasteiger partial charge in [0, 0.05) is 32.5 Å². The van der Waals surface area contributed by atoms with E-state index in [1.54, 1.807) is 0 Å². The molecule has 0 aliphatic carbocycles. The van der Waals surface area contributed by atoms with Gasteiger partial charge in [0.15, 0.2) is 0 Å². The zero-order valence-corrected chi connectivity index (χ0v) is 23.6. The minimum absolute atomic E-state index is 1.03. The van der Waals surface area contributed by atoms with E-state index >= 15 is 0 Å². The van der Waals surface area contributed by atoms with Crippen LogP contribution in [-0.2, 0) is 0 Å². The molecule has 0 bridgehead atoms. The number of nitrogens with zero attached hydrogens (tertiary/aromatic N) is 2. The highest BCUT2D eigenvalue weighted by atomic mass is 32.1. The van der Waals surface area contributed by atoms with E-state index < -0.39 is 0 Å². The first kappa shape index (κ1) is 24.5. The number of pyridine rings is 1. The molecule has 0 amide bonds. The Balaban J connectivity index is 1.21. The minimum Gasteiger partial charge on any atom is -0.311 e. The van der Waals surface area contributed by atoms with Crippen molar-refractivity contribution < 1.29 is 0 Å². The summed E-state index contributed by atoms with van der Waals surface area (Å²) < 4.78 is 2.49. The van der Waals surface area contributed by atoms with Crippen molar-refractivity contribution in [1.29, 1.82) is 0 Å². The maximum Gasteiger partial charge on any atom is 0.0902 e. The van der Waals surface area contributed by atoms with Gasteiger partial charge in [-0.25, -0.2) is 4.98 Å². The molecule has 0 fully saturated rings. The van der Waals surface area contributed by atoms with Gasteiger partial charge in [-0.15, -0.1) is 11.3 Å². The first-order chi connectivity index (χ1) is 20.8. The SMILES string of the molecule is c1ccc(-c2ccc(N(c3ccccc3)c3ccc(-c4cccc5sc6cc7ccccc7nc6c45)cc3)cc2)cc1. The van der Waals surface area contributed by atoms with Crippen LogP contribution in [0.15, 0.2) is 158 Å². The second kappa shape index (κ2) is 10.3. The Morgan fingerprint density at radius 2 is 1.05 bits per heavy atom. The van der Waals surface area contributed by atoms with Crippen LogP contribution in [0, 0.1) is 0 Å². The highest BCUT2D eigenvalue weighted by Crippen LogP contribution is 2.41. The number of hydrogen-bond donors (Lipinski definition) is 0. The Hall–Kier alpha value is -5.25. The number of aromatic nitrogens is 1. The van der Waals surface area contributed by atoms with Gasteiger partial charge in [-0.2, -0.15) is 0 Å². The third kappa shape index (κ3) is 4.32. The van der Waals surface area contributed by atoms with Gasteiger partial charge >= 0.3 is 0 Å². The zero-order valence-electron chi connectivity index (χ0n) is 22.8. The summed E-state index contributed by atoms with van der Waals surface area (Å²) in [6.45, 7) is 0. The molecule has 6 aromatic carbocycles. The second-order valence-corrected chi connectivity index (χ2v) is 11.5. The van der Waals surface area contributed by atoms with Gasteiger partial charge in [0.25, 0.3) is 0 Å². The highest BCUT2D eigenvalue weighted by Gasteiger charge is 2.16. The van der Waals surface area contributed by atoms with Gasteiger partial charge in [0.2, 0.25) is 0 Å². The summed E-state index contributed by atoms with van der Waals surface area (Å²) in [6.07, 6.45) is 0. The molecule has 8 aromatic rings. The summed E-state index contributed by atoms with van der Waals surface area (Å²) in [6, 6.07) is 56.1. The molecular formula is C39H26N2S. The number of hydrogen-bond acceptors (Lipinski definition) is 3. The maximum atomic E-state index is 5.11. The normalized spacial score (nSPS) is 11.3. The number of thiophene rings is 1. The molecule has 0 aliphatic heterocycles. The van der Waals surface area contributed by atoms with Crippen molar-refractivity contribution in [3.8, 4) is 22.3 Å². The van der Waals surface area contributed by atoms with Crippen LogP contribution in [0.5, 0.6) is 0 Å². The molecule has 2 heterocycles. The maximum absolute atomic E-state index is 5.11. The molecule has 0 saturated carbocycles. The lowest BCUT2D eigenvalue weighted by atomic mass is 10.00. The Morgan fingerprint density at radius 3 is 1.79 bits per heavy atom. The second-order valence-electron chi connectivity index (χ2n) is 10.4. The van der Waals surface area contributed by atoms with Crippen molar-refractivity contribution in [2.75, 3.05) is 4.90 Å². The van der Waals surface area contributed by atoms with Crippen LogP contribution in [-0.4, -0.2) is 4.98 Å². The summed E-state index contributed by atoms with van der Waals surface area (Å²) in [5, 5.41) is 2.41. The molecule has 2 nitrogen and oxygen atoms in total. The smallest absolute Gasteiger partial charge is 0.0902 e. The number of anilines is 3. The van der Waals surface area contributed by atoms with Crippen LogP contribution in [0.25, 0.3) is 53.5 Å². The van der Waals surface area contributed by atoms with Gasteiger partial charge in [-0.05, 0) is 76.9 Å². The Labute approximate surface area is 248 Å². The van der Waals surface area contributed by atoms with Crippen molar-refractivity contribution >= 4 is 59.6 Å². The van der Waals surface area contributed by atoms with E-state index in [4.69, 9.17) is 4.98 Å². The van der Waals surface area contributed by atoms with Crippen molar-refractivity contribution in [2.45, 2.75) is 0 Å². The summed E-state index contributed by atoms with van der Waals surface area (Å²) in [5.41, 5.74) is 10.3. The Kier molecular flexibility index (Phi) is 6.02. The summed E-state index contributed by atoms with van der Waals surface area (Å²) in [5.74, 6) is 0. The van der Waals surface area contributed by atoms with Crippen molar-refractivity contribution in [3.63, 3.8) is 0 Å². The van der Waals surface area contributed by atoms with E-state index in [-0.39, 0.29) is 0 Å². The van der Waals surface area contributed by atoms with E-state index in [1.165, 1.54) is 42.4 Å². The summed E-state index contributed by atoms with van der Waals surface area (Å²) in [7, 11) is 0. The van der Waals surface area contributed by atoms with Crippen LogP contribution < -0.4 is 4.90 Å². The lowest BCUT2D eigenvalue weighted by molar-refractivity contribution is 1.28. The number of fused-ring (bicyclic) bond motifs is 4. The molecule has 42 heavy (non-hydrogen) atoms. The van der Waals surface area contributed by atoms with Crippen LogP contribution in [0.3, 0.4) is 0 Å². The van der Waals surface area contributed by atoms with Gasteiger partial charge in [-0.3, -0.25) is 0 Å². The minimum atomic E-state index is 1.03. The van der Waals surface area contributed by atoms with E-state index in [9.17, 15) is 0 Å². The average Bonchev–Trinajstić information content (AvgIpc) is 3.43. The molecule has 0 saturated heterocycles. The molecule has 2 aromatic heterocycles. The predicted octanol–water partition coefficient (Wildman–Crippen LogP) is 11.4. The Morgan fingerprint density at radius 1 is 0.452 bits per heavy atom. The molecule has 0 atom stereocenters. The molecule has 0 spiro atoms.